The highest BCUT2D eigenvalue weighted by molar-refractivity contribution is 7.47. The Hall–Kier alpha value is -4.80. The lowest BCUT2D eigenvalue weighted by molar-refractivity contribution is -0.161. The van der Waals surface area contributed by atoms with Crippen LogP contribution in [0.15, 0.2) is 134 Å². The average molecular weight is 1500 g/mol. The van der Waals surface area contributed by atoms with Crippen LogP contribution in [0.25, 0.3) is 0 Å². The Bertz CT molecular complexity index is 2490. The smallest absolute Gasteiger partial charge is 0.462 e. The number of ether oxygens (including phenoxy) is 4. The second-order valence-corrected chi connectivity index (χ2v) is 29.5. The molecule has 0 aliphatic carbocycles. The summed E-state index contributed by atoms with van der Waals surface area (Å²) < 4.78 is 68.6. The molecule has 596 valence electrons. The van der Waals surface area contributed by atoms with E-state index in [9.17, 15) is 43.2 Å². The third-order valence-electron chi connectivity index (χ3n) is 16.6. The van der Waals surface area contributed by atoms with Gasteiger partial charge in [-0.2, -0.15) is 0 Å². The summed E-state index contributed by atoms with van der Waals surface area (Å²) in [5, 5.41) is 10.6. The fourth-order valence-electron chi connectivity index (χ4n) is 10.5. The van der Waals surface area contributed by atoms with Gasteiger partial charge in [0.2, 0.25) is 0 Å². The monoisotopic (exact) mass is 1500 g/mol. The molecule has 0 aromatic rings. The summed E-state index contributed by atoms with van der Waals surface area (Å²) in [5.41, 5.74) is 0. The van der Waals surface area contributed by atoms with Crippen molar-refractivity contribution in [2.45, 2.75) is 341 Å². The molecular weight excluding hydrogens is 1350 g/mol. The molecule has 0 heterocycles. The predicted octanol–water partition coefficient (Wildman–Crippen LogP) is 23.7. The van der Waals surface area contributed by atoms with Crippen molar-refractivity contribution in [1.29, 1.82) is 0 Å². The van der Waals surface area contributed by atoms with Crippen molar-refractivity contribution in [1.82, 2.24) is 0 Å². The van der Waals surface area contributed by atoms with E-state index < -0.39 is 97.5 Å². The van der Waals surface area contributed by atoms with Gasteiger partial charge in [0.1, 0.15) is 19.3 Å². The Morgan fingerprint density at radius 2 is 0.500 bits per heavy atom. The van der Waals surface area contributed by atoms with Crippen molar-refractivity contribution in [2.24, 2.45) is 0 Å². The Morgan fingerprint density at radius 3 is 0.798 bits per heavy atom. The van der Waals surface area contributed by atoms with Crippen LogP contribution in [0.5, 0.6) is 0 Å². The molecule has 0 aliphatic rings. The quantitative estimate of drug-likeness (QED) is 0.0169. The number of hydrogen-bond acceptors (Lipinski definition) is 15. The van der Waals surface area contributed by atoms with Crippen LogP contribution in [-0.2, 0) is 65.4 Å². The fraction of sp³-hybridized carbons (Fsp3) is 0.694. The average Bonchev–Trinajstić information content (AvgIpc) is 0.939. The molecule has 0 aromatic heterocycles. The second-order valence-electron chi connectivity index (χ2n) is 26.6. The number of aliphatic hydroxyl groups is 1. The minimum atomic E-state index is -4.99. The Kier molecular flexibility index (Phi) is 72.9. The zero-order valence-corrected chi connectivity index (χ0v) is 66.9. The lowest BCUT2D eigenvalue weighted by Crippen LogP contribution is -2.30. The van der Waals surface area contributed by atoms with Crippen LogP contribution in [0.1, 0.15) is 323 Å². The number of aliphatic hydroxyl groups excluding tert-OH is 1. The minimum absolute atomic E-state index is 0.0703. The van der Waals surface area contributed by atoms with E-state index in [1.807, 2.05) is 0 Å². The first-order valence-electron chi connectivity index (χ1n) is 40.4. The summed E-state index contributed by atoms with van der Waals surface area (Å²) in [5.74, 6) is -2.25. The normalized spacial score (nSPS) is 14.6. The summed E-state index contributed by atoms with van der Waals surface area (Å²) in [4.78, 5) is 73.0. The lowest BCUT2D eigenvalue weighted by atomic mass is 10.0. The Morgan fingerprint density at radius 1 is 0.279 bits per heavy atom. The van der Waals surface area contributed by atoms with Crippen molar-refractivity contribution in [3.63, 3.8) is 0 Å². The zero-order valence-electron chi connectivity index (χ0n) is 65.2. The molecule has 19 heteroatoms. The fourth-order valence-corrected chi connectivity index (χ4v) is 12.1. The molecular formula is C85H144O17P2. The number of rotatable bonds is 75. The predicted molar refractivity (Wildman–Crippen MR) is 427 cm³/mol. The standard InChI is InChI=1S/C85H144O17P2/c1-5-9-13-17-21-25-29-33-36-38-39-41-44-47-50-54-58-62-66-70-83(88)95-75-80(101-84(89)71-67-63-59-55-51-45-32-28-24-20-16-12-8-4)77-99-103(91,92)97-73-79(86)74-98-104(93,94)100-78-81(102-85(90)72-68-64-60-56-52-48-42-35-31-27-23-19-15-11-7-3)76-96-82(87)69-65-61-57-53-49-46-43-40-37-34-30-26-22-18-14-10-6-2/h9-10,13-14,21-23,25-27,33-37,39,41-43,46-47,50,79-81,86H,5-8,11-12,15-20,24,28-32,38,40,44-45,48-49,51-78H2,1-4H3,(H,91,92)(H,93,94)/b13-9-,14-10-,25-21-,26-22-,27-23-,36-33-,37-34-,41-39-,42-35-,46-43-,50-47-. The number of esters is 4. The second kappa shape index (κ2) is 76.4. The van der Waals surface area contributed by atoms with Crippen molar-refractivity contribution < 1.29 is 80.2 Å². The number of unbranched alkanes of at least 4 members (excludes halogenated alkanes) is 27. The van der Waals surface area contributed by atoms with Crippen LogP contribution >= 0.6 is 15.6 Å². The van der Waals surface area contributed by atoms with E-state index in [1.54, 1.807) is 0 Å². The van der Waals surface area contributed by atoms with Gasteiger partial charge in [0, 0.05) is 25.7 Å². The highest BCUT2D eigenvalue weighted by Gasteiger charge is 2.30. The number of phosphoric ester groups is 2. The molecule has 17 nitrogen and oxygen atoms in total. The SMILES string of the molecule is CC/C=C\C/C=C\C/C=C\C/C=C\C/C=C\CCCCCC(=O)OCC(COP(=O)(O)OCC(O)COP(=O)(O)OCC(COC(=O)CCCCCC/C=C\C/C=C\C/C=C\C/C=C\CC)OC(=O)CCCCCCC/C=C\C/C=C\CCCCC)OC(=O)CCCCCCCCCCCCCCC. The zero-order chi connectivity index (χ0) is 76.0. The number of carbonyl (C=O) groups is 4. The van der Waals surface area contributed by atoms with E-state index >= 15 is 0 Å². The maximum Gasteiger partial charge on any atom is 0.472 e. The molecule has 0 aliphatic heterocycles. The molecule has 0 saturated heterocycles. The third kappa shape index (κ3) is 75.4. The first-order valence-corrected chi connectivity index (χ1v) is 43.4. The largest absolute Gasteiger partial charge is 0.472 e. The lowest BCUT2D eigenvalue weighted by Gasteiger charge is -2.21. The number of phosphoric acid groups is 2. The highest BCUT2D eigenvalue weighted by atomic mass is 31.2. The van der Waals surface area contributed by atoms with Crippen LogP contribution < -0.4 is 0 Å². The molecule has 0 amide bonds. The Balaban J connectivity index is 5.41. The first kappa shape index (κ1) is 99.2. The molecule has 0 radical (unpaired) electrons. The van der Waals surface area contributed by atoms with Crippen molar-refractivity contribution in [2.75, 3.05) is 39.6 Å². The molecule has 0 rings (SSSR count). The van der Waals surface area contributed by atoms with E-state index in [2.05, 4.69) is 161 Å². The van der Waals surface area contributed by atoms with E-state index in [0.717, 1.165) is 173 Å². The van der Waals surface area contributed by atoms with Crippen LogP contribution in [0.3, 0.4) is 0 Å². The third-order valence-corrected chi connectivity index (χ3v) is 18.5. The van der Waals surface area contributed by atoms with E-state index in [1.165, 1.54) is 70.6 Å². The van der Waals surface area contributed by atoms with Gasteiger partial charge in [0.25, 0.3) is 0 Å². The van der Waals surface area contributed by atoms with E-state index in [-0.39, 0.29) is 25.7 Å². The molecule has 0 fully saturated rings. The van der Waals surface area contributed by atoms with Gasteiger partial charge in [-0.15, -0.1) is 0 Å². The van der Waals surface area contributed by atoms with Gasteiger partial charge >= 0.3 is 39.5 Å². The molecule has 0 spiro atoms. The molecule has 3 N–H and O–H groups in total. The number of allylic oxidation sites excluding steroid dienone is 22. The highest BCUT2D eigenvalue weighted by Crippen LogP contribution is 2.45. The van der Waals surface area contributed by atoms with Gasteiger partial charge in [-0.1, -0.05) is 290 Å². The van der Waals surface area contributed by atoms with Gasteiger partial charge in [-0.25, -0.2) is 9.13 Å². The molecule has 104 heavy (non-hydrogen) atoms. The summed E-state index contributed by atoms with van der Waals surface area (Å²) in [7, 11) is -9.98. The number of hydrogen-bond donors (Lipinski definition) is 3. The number of carbonyl (C=O) groups excluding carboxylic acids is 4. The van der Waals surface area contributed by atoms with Crippen LogP contribution in [0.4, 0.5) is 0 Å². The van der Waals surface area contributed by atoms with E-state index in [4.69, 9.17) is 37.0 Å². The van der Waals surface area contributed by atoms with Crippen molar-refractivity contribution >= 4 is 39.5 Å². The summed E-state index contributed by atoms with van der Waals surface area (Å²) >= 11 is 0. The Labute approximate surface area is 631 Å². The first-order chi connectivity index (χ1) is 50.7. The molecule has 0 bridgehead atoms. The summed E-state index contributed by atoms with van der Waals surface area (Å²) in [6.07, 6.45) is 85.7. The topological polar surface area (TPSA) is 237 Å². The van der Waals surface area contributed by atoms with Crippen LogP contribution in [0, 0.1) is 0 Å². The van der Waals surface area contributed by atoms with Crippen LogP contribution in [0.2, 0.25) is 0 Å². The maximum atomic E-state index is 13.1. The van der Waals surface area contributed by atoms with E-state index in [0.29, 0.717) is 25.7 Å². The van der Waals surface area contributed by atoms with Gasteiger partial charge in [0.15, 0.2) is 12.2 Å². The van der Waals surface area contributed by atoms with Crippen LogP contribution in [-0.4, -0.2) is 96.7 Å². The summed E-state index contributed by atoms with van der Waals surface area (Å²) in [6.45, 7) is 4.56. The molecule has 5 atom stereocenters. The van der Waals surface area contributed by atoms with Gasteiger partial charge in [-0.05, 0) is 141 Å². The maximum absolute atomic E-state index is 13.1. The molecule has 0 aromatic carbocycles. The van der Waals surface area contributed by atoms with Crippen molar-refractivity contribution in [3.05, 3.63) is 134 Å². The van der Waals surface area contributed by atoms with Gasteiger partial charge in [0.05, 0.1) is 26.4 Å². The molecule has 0 saturated carbocycles. The van der Waals surface area contributed by atoms with Crippen molar-refractivity contribution in [3.8, 4) is 0 Å². The van der Waals surface area contributed by atoms with Gasteiger partial charge < -0.3 is 33.8 Å². The minimum Gasteiger partial charge on any atom is -0.462 e. The molecule has 5 unspecified atom stereocenters. The summed E-state index contributed by atoms with van der Waals surface area (Å²) in [6, 6.07) is 0. The van der Waals surface area contributed by atoms with Gasteiger partial charge in [-0.3, -0.25) is 37.3 Å².